The molecule has 1 aromatic heterocycles. The Morgan fingerprint density at radius 3 is 2.53 bits per heavy atom. The zero-order valence-corrected chi connectivity index (χ0v) is 9.90. The van der Waals surface area contributed by atoms with Crippen LogP contribution >= 0.6 is 23.1 Å². The molecule has 0 amide bonds. The summed E-state index contributed by atoms with van der Waals surface area (Å²) < 4.78 is 42.2. The van der Waals surface area contributed by atoms with Gasteiger partial charge in [0.25, 0.3) is 0 Å². The van der Waals surface area contributed by atoms with Gasteiger partial charge in [0.1, 0.15) is 5.82 Å². The van der Waals surface area contributed by atoms with Gasteiger partial charge in [-0.15, -0.1) is 0 Å². The van der Waals surface area contributed by atoms with Gasteiger partial charge in [-0.1, -0.05) is 18.2 Å². The number of hydrogen-bond donors (Lipinski definition) is 0. The number of benzene rings is 1. The fourth-order valence-electron chi connectivity index (χ4n) is 1.43. The lowest BCUT2D eigenvalue weighted by Crippen LogP contribution is -2.09. The van der Waals surface area contributed by atoms with E-state index in [4.69, 9.17) is 11.6 Å². The first-order valence-electron chi connectivity index (χ1n) is 4.60. The highest BCUT2D eigenvalue weighted by Crippen LogP contribution is 2.32. The zero-order chi connectivity index (χ0) is 12.5. The predicted molar refractivity (Wildman–Crippen MR) is 59.2 cm³/mol. The first-order valence-corrected chi connectivity index (χ1v) is 5.75. The summed E-state index contributed by atoms with van der Waals surface area (Å²) in [6.45, 7) is 0. The molecular formula is C10H6ClF3N2S. The largest absolute Gasteiger partial charge is 0.416 e. The van der Waals surface area contributed by atoms with Crippen molar-refractivity contribution < 1.29 is 13.2 Å². The molecule has 90 valence electrons. The Hall–Kier alpha value is -1.14. The summed E-state index contributed by atoms with van der Waals surface area (Å²) in [5, 5.41) is 0. The van der Waals surface area contributed by atoms with Gasteiger partial charge < -0.3 is 0 Å². The first kappa shape index (κ1) is 12.3. The quantitative estimate of drug-likeness (QED) is 0.835. The number of alkyl halides is 3. The molecular weight excluding hydrogens is 273 g/mol. The molecule has 0 aliphatic rings. The van der Waals surface area contributed by atoms with Gasteiger partial charge >= 0.3 is 6.18 Å². The Kier molecular flexibility index (Phi) is 3.35. The van der Waals surface area contributed by atoms with E-state index in [1.165, 1.54) is 12.1 Å². The minimum Gasteiger partial charge on any atom is -0.208 e. The SMILES string of the molecule is FC(F)(F)c1ccccc1Cc1nsc(Cl)n1. The highest BCUT2D eigenvalue weighted by molar-refractivity contribution is 7.10. The molecule has 0 saturated carbocycles. The molecule has 0 aliphatic carbocycles. The Labute approximate surface area is 104 Å². The summed E-state index contributed by atoms with van der Waals surface area (Å²) >= 11 is 6.54. The molecule has 7 heteroatoms. The van der Waals surface area contributed by atoms with Crippen molar-refractivity contribution >= 4 is 23.1 Å². The van der Waals surface area contributed by atoms with Gasteiger partial charge in [0.05, 0.1) is 5.56 Å². The van der Waals surface area contributed by atoms with Crippen LogP contribution in [0.25, 0.3) is 0 Å². The summed E-state index contributed by atoms with van der Waals surface area (Å²) in [6, 6.07) is 5.37. The fraction of sp³-hybridized carbons (Fsp3) is 0.200. The van der Waals surface area contributed by atoms with E-state index < -0.39 is 11.7 Å². The van der Waals surface area contributed by atoms with Gasteiger partial charge in [0.15, 0.2) is 0 Å². The number of hydrogen-bond acceptors (Lipinski definition) is 3. The highest BCUT2D eigenvalue weighted by Gasteiger charge is 2.33. The summed E-state index contributed by atoms with van der Waals surface area (Å²) in [5.74, 6) is 0.303. The molecule has 0 radical (unpaired) electrons. The molecule has 0 saturated heterocycles. The third-order valence-electron chi connectivity index (χ3n) is 2.11. The highest BCUT2D eigenvalue weighted by atomic mass is 35.5. The second-order valence-electron chi connectivity index (χ2n) is 3.30. The molecule has 0 unspecified atom stereocenters. The monoisotopic (exact) mass is 278 g/mol. The standard InChI is InChI=1S/C10H6ClF3N2S/c11-9-15-8(16-17-9)5-6-3-1-2-4-7(6)10(12,13)14/h1-4H,5H2. The molecule has 17 heavy (non-hydrogen) atoms. The number of rotatable bonds is 2. The Bertz CT molecular complexity index is 524. The van der Waals surface area contributed by atoms with Crippen LogP contribution in [0.1, 0.15) is 17.0 Å². The Morgan fingerprint density at radius 1 is 1.24 bits per heavy atom. The van der Waals surface area contributed by atoms with Crippen molar-refractivity contribution in [3.63, 3.8) is 0 Å². The molecule has 1 heterocycles. The first-order chi connectivity index (χ1) is 7.97. The summed E-state index contributed by atoms with van der Waals surface area (Å²) in [7, 11) is 0. The summed E-state index contributed by atoms with van der Waals surface area (Å²) in [4.78, 5) is 3.83. The van der Waals surface area contributed by atoms with Crippen molar-refractivity contribution in [2.24, 2.45) is 0 Å². The van der Waals surface area contributed by atoms with Crippen LogP contribution in [0.4, 0.5) is 13.2 Å². The van der Waals surface area contributed by atoms with Crippen LogP contribution in [-0.4, -0.2) is 9.36 Å². The van der Waals surface area contributed by atoms with Crippen molar-refractivity contribution in [2.45, 2.75) is 12.6 Å². The molecule has 0 spiro atoms. The van der Waals surface area contributed by atoms with Crippen LogP contribution in [0.15, 0.2) is 24.3 Å². The second-order valence-corrected chi connectivity index (χ2v) is 4.63. The predicted octanol–water partition coefficient (Wildman–Crippen LogP) is 3.80. The van der Waals surface area contributed by atoms with Gasteiger partial charge in [0, 0.05) is 6.42 Å². The topological polar surface area (TPSA) is 25.8 Å². The number of aromatic nitrogens is 2. The van der Waals surface area contributed by atoms with E-state index in [9.17, 15) is 13.2 Å². The minimum absolute atomic E-state index is 0.0267. The van der Waals surface area contributed by atoms with E-state index >= 15 is 0 Å². The molecule has 2 rings (SSSR count). The second kappa shape index (κ2) is 4.62. The average Bonchev–Trinajstić information content (AvgIpc) is 2.63. The van der Waals surface area contributed by atoms with Crippen molar-refractivity contribution in [3.8, 4) is 0 Å². The molecule has 2 nitrogen and oxygen atoms in total. The van der Waals surface area contributed by atoms with E-state index in [1.54, 1.807) is 6.07 Å². The van der Waals surface area contributed by atoms with E-state index in [1.807, 2.05) is 0 Å². The maximum absolute atomic E-state index is 12.7. The van der Waals surface area contributed by atoms with Crippen molar-refractivity contribution in [1.29, 1.82) is 0 Å². The molecule has 2 aromatic rings. The van der Waals surface area contributed by atoms with Crippen molar-refractivity contribution in [3.05, 3.63) is 45.7 Å². The molecule has 0 fully saturated rings. The van der Waals surface area contributed by atoms with Crippen LogP contribution in [0.3, 0.4) is 0 Å². The lowest BCUT2D eigenvalue weighted by Gasteiger charge is -2.11. The lowest BCUT2D eigenvalue weighted by atomic mass is 10.0. The Balaban J connectivity index is 2.33. The molecule has 1 aromatic carbocycles. The normalized spacial score (nSPS) is 11.8. The summed E-state index contributed by atoms with van der Waals surface area (Å²) in [6.07, 6.45) is -4.34. The Morgan fingerprint density at radius 2 is 1.94 bits per heavy atom. The van der Waals surface area contributed by atoms with Crippen molar-refractivity contribution in [1.82, 2.24) is 9.36 Å². The molecule has 0 atom stereocenters. The third-order valence-corrected chi connectivity index (χ3v) is 2.95. The van der Waals surface area contributed by atoms with E-state index in [2.05, 4.69) is 9.36 Å². The maximum Gasteiger partial charge on any atom is 0.416 e. The lowest BCUT2D eigenvalue weighted by molar-refractivity contribution is -0.138. The maximum atomic E-state index is 12.7. The van der Waals surface area contributed by atoms with Gasteiger partial charge in [-0.25, -0.2) is 4.98 Å². The molecule has 0 bridgehead atoms. The minimum atomic E-state index is -4.36. The van der Waals surface area contributed by atoms with Crippen LogP contribution in [0, 0.1) is 0 Å². The number of nitrogens with zero attached hydrogens (tertiary/aromatic N) is 2. The zero-order valence-electron chi connectivity index (χ0n) is 8.33. The van der Waals surface area contributed by atoms with Crippen LogP contribution < -0.4 is 0 Å². The van der Waals surface area contributed by atoms with E-state index in [-0.39, 0.29) is 16.5 Å². The van der Waals surface area contributed by atoms with Gasteiger partial charge in [-0.05, 0) is 34.8 Å². The molecule has 0 aliphatic heterocycles. The molecule has 0 N–H and O–H groups in total. The number of halogens is 4. The third kappa shape index (κ3) is 2.95. The van der Waals surface area contributed by atoms with E-state index in [0.717, 1.165) is 17.6 Å². The van der Waals surface area contributed by atoms with Crippen molar-refractivity contribution in [2.75, 3.05) is 0 Å². The van der Waals surface area contributed by atoms with Gasteiger partial charge in [-0.2, -0.15) is 17.5 Å². The fourth-order valence-corrected chi connectivity index (χ4v) is 2.06. The average molecular weight is 279 g/mol. The van der Waals surface area contributed by atoms with E-state index in [0.29, 0.717) is 5.82 Å². The van der Waals surface area contributed by atoms with Crippen LogP contribution in [0.5, 0.6) is 0 Å². The van der Waals surface area contributed by atoms with Crippen LogP contribution in [-0.2, 0) is 12.6 Å². The van der Waals surface area contributed by atoms with Gasteiger partial charge in [0.2, 0.25) is 4.47 Å². The van der Waals surface area contributed by atoms with Gasteiger partial charge in [-0.3, -0.25) is 0 Å². The summed E-state index contributed by atoms with van der Waals surface area (Å²) in [5.41, 5.74) is -0.514. The smallest absolute Gasteiger partial charge is 0.208 e. The van der Waals surface area contributed by atoms with Crippen LogP contribution in [0.2, 0.25) is 4.47 Å².